The van der Waals surface area contributed by atoms with E-state index in [0.717, 1.165) is 26.1 Å². The summed E-state index contributed by atoms with van der Waals surface area (Å²) in [6.45, 7) is 3.30. The Kier molecular flexibility index (Phi) is 16.3. The Morgan fingerprint density at radius 3 is 2.00 bits per heavy atom. The van der Waals surface area contributed by atoms with Gasteiger partial charge in [-0.05, 0) is 6.42 Å². The Labute approximate surface area is 86.5 Å². The van der Waals surface area contributed by atoms with Gasteiger partial charge >= 0.3 is 0 Å². The van der Waals surface area contributed by atoms with E-state index in [-0.39, 0.29) is 0 Å². The SMILES string of the molecule is CC(=O)O.CCCCCCCCC=O. The fourth-order valence-electron chi connectivity index (χ4n) is 1.01. The Hall–Kier alpha value is -0.860. The first-order valence-electron chi connectivity index (χ1n) is 5.28. The minimum atomic E-state index is -0.833. The molecule has 0 aliphatic heterocycles. The number of carboxylic acid groups (broad SMARTS) is 1. The van der Waals surface area contributed by atoms with Crippen molar-refractivity contribution in [2.75, 3.05) is 0 Å². The van der Waals surface area contributed by atoms with Crippen LogP contribution in [0.5, 0.6) is 0 Å². The number of hydrogen-bond acceptors (Lipinski definition) is 2. The van der Waals surface area contributed by atoms with E-state index in [1.54, 1.807) is 0 Å². The summed E-state index contributed by atoms with van der Waals surface area (Å²) in [7, 11) is 0. The van der Waals surface area contributed by atoms with Gasteiger partial charge in [-0.2, -0.15) is 0 Å². The average molecular weight is 202 g/mol. The van der Waals surface area contributed by atoms with Crippen molar-refractivity contribution in [2.45, 2.75) is 58.8 Å². The molecule has 0 unspecified atom stereocenters. The smallest absolute Gasteiger partial charge is 0.300 e. The summed E-state index contributed by atoms with van der Waals surface area (Å²) < 4.78 is 0. The van der Waals surface area contributed by atoms with E-state index in [9.17, 15) is 4.79 Å². The molecule has 0 spiro atoms. The van der Waals surface area contributed by atoms with Crippen molar-refractivity contribution in [1.82, 2.24) is 0 Å². The lowest BCUT2D eigenvalue weighted by Crippen LogP contribution is -1.79. The second kappa shape index (κ2) is 14.7. The molecule has 0 aromatic heterocycles. The van der Waals surface area contributed by atoms with Crippen LogP contribution in [0.1, 0.15) is 58.8 Å². The van der Waals surface area contributed by atoms with Crippen molar-refractivity contribution in [1.29, 1.82) is 0 Å². The van der Waals surface area contributed by atoms with Gasteiger partial charge in [0.2, 0.25) is 0 Å². The van der Waals surface area contributed by atoms with E-state index in [1.807, 2.05) is 0 Å². The Bertz CT molecular complexity index is 128. The van der Waals surface area contributed by atoms with Gasteiger partial charge < -0.3 is 9.90 Å². The fraction of sp³-hybridized carbons (Fsp3) is 0.818. The molecule has 0 radical (unpaired) electrons. The summed E-state index contributed by atoms with van der Waals surface area (Å²) >= 11 is 0. The van der Waals surface area contributed by atoms with E-state index in [0.29, 0.717) is 0 Å². The monoisotopic (exact) mass is 202 g/mol. The second-order valence-electron chi connectivity index (χ2n) is 3.24. The number of aldehydes is 1. The predicted octanol–water partition coefficient (Wildman–Crippen LogP) is 3.03. The summed E-state index contributed by atoms with van der Waals surface area (Å²) in [4.78, 5) is 18.9. The van der Waals surface area contributed by atoms with Crippen LogP contribution in [0.3, 0.4) is 0 Å². The molecule has 0 aromatic rings. The summed E-state index contributed by atoms with van der Waals surface area (Å²) in [6.07, 6.45) is 9.39. The van der Waals surface area contributed by atoms with E-state index >= 15 is 0 Å². The molecule has 0 aromatic carbocycles. The first kappa shape index (κ1) is 15.6. The van der Waals surface area contributed by atoms with Gasteiger partial charge in [0.25, 0.3) is 5.97 Å². The molecule has 0 rings (SSSR count). The number of carbonyl (C=O) groups is 2. The van der Waals surface area contributed by atoms with E-state index in [1.165, 1.54) is 32.1 Å². The van der Waals surface area contributed by atoms with Crippen LogP contribution in [0.25, 0.3) is 0 Å². The minimum absolute atomic E-state index is 0.756. The van der Waals surface area contributed by atoms with Crippen molar-refractivity contribution in [2.24, 2.45) is 0 Å². The zero-order valence-electron chi connectivity index (χ0n) is 9.29. The average Bonchev–Trinajstić information content (AvgIpc) is 2.10. The molecule has 0 atom stereocenters. The first-order valence-corrected chi connectivity index (χ1v) is 5.28. The van der Waals surface area contributed by atoms with Crippen molar-refractivity contribution in [3.63, 3.8) is 0 Å². The van der Waals surface area contributed by atoms with Crippen LogP contribution in [0, 0.1) is 0 Å². The third-order valence-electron chi connectivity index (χ3n) is 1.68. The van der Waals surface area contributed by atoms with Gasteiger partial charge in [0, 0.05) is 13.3 Å². The van der Waals surface area contributed by atoms with Gasteiger partial charge in [0.1, 0.15) is 6.29 Å². The molecular weight excluding hydrogens is 180 g/mol. The van der Waals surface area contributed by atoms with Crippen molar-refractivity contribution in [3.8, 4) is 0 Å². The topological polar surface area (TPSA) is 54.4 Å². The molecule has 0 aliphatic rings. The highest BCUT2D eigenvalue weighted by molar-refractivity contribution is 5.62. The van der Waals surface area contributed by atoms with Gasteiger partial charge in [0.15, 0.2) is 0 Å². The zero-order valence-corrected chi connectivity index (χ0v) is 9.29. The Morgan fingerprint density at radius 1 is 1.14 bits per heavy atom. The van der Waals surface area contributed by atoms with Gasteiger partial charge in [-0.25, -0.2) is 0 Å². The molecule has 0 fully saturated rings. The number of aliphatic carboxylic acids is 1. The molecule has 14 heavy (non-hydrogen) atoms. The van der Waals surface area contributed by atoms with Gasteiger partial charge in [-0.15, -0.1) is 0 Å². The van der Waals surface area contributed by atoms with Crippen LogP contribution in [-0.2, 0) is 9.59 Å². The van der Waals surface area contributed by atoms with Gasteiger partial charge in [0.05, 0.1) is 0 Å². The Balaban J connectivity index is 0. The van der Waals surface area contributed by atoms with Crippen LogP contribution in [0.2, 0.25) is 0 Å². The van der Waals surface area contributed by atoms with Gasteiger partial charge in [-0.1, -0.05) is 39.0 Å². The van der Waals surface area contributed by atoms with E-state index < -0.39 is 5.97 Å². The second-order valence-corrected chi connectivity index (χ2v) is 3.24. The van der Waals surface area contributed by atoms with Crippen LogP contribution in [-0.4, -0.2) is 17.4 Å². The summed E-state index contributed by atoms with van der Waals surface area (Å²) in [6, 6.07) is 0. The maximum Gasteiger partial charge on any atom is 0.300 e. The maximum atomic E-state index is 9.89. The molecule has 0 heterocycles. The van der Waals surface area contributed by atoms with Crippen LogP contribution in [0.4, 0.5) is 0 Å². The maximum absolute atomic E-state index is 9.89. The van der Waals surface area contributed by atoms with Crippen molar-refractivity contribution < 1.29 is 14.7 Å². The van der Waals surface area contributed by atoms with E-state index in [2.05, 4.69) is 6.92 Å². The predicted molar refractivity (Wildman–Crippen MR) is 57.4 cm³/mol. The quantitative estimate of drug-likeness (QED) is 0.510. The van der Waals surface area contributed by atoms with Gasteiger partial charge in [-0.3, -0.25) is 4.79 Å². The van der Waals surface area contributed by atoms with Crippen LogP contribution < -0.4 is 0 Å². The highest BCUT2D eigenvalue weighted by Gasteiger charge is 1.87. The minimum Gasteiger partial charge on any atom is -0.481 e. The van der Waals surface area contributed by atoms with Crippen LogP contribution in [0.15, 0.2) is 0 Å². The molecule has 0 saturated carbocycles. The number of carbonyl (C=O) groups excluding carboxylic acids is 1. The summed E-state index contributed by atoms with van der Waals surface area (Å²) in [5.74, 6) is -0.833. The molecule has 84 valence electrons. The molecule has 0 bridgehead atoms. The summed E-state index contributed by atoms with van der Waals surface area (Å²) in [5, 5.41) is 7.42. The molecule has 3 heteroatoms. The molecule has 0 saturated heterocycles. The summed E-state index contributed by atoms with van der Waals surface area (Å²) in [5.41, 5.74) is 0. The zero-order chi connectivity index (χ0) is 11.2. The number of hydrogen-bond donors (Lipinski definition) is 1. The highest BCUT2D eigenvalue weighted by atomic mass is 16.4. The standard InChI is InChI=1S/C9H18O.C2H4O2/c1-2-3-4-5-6-7-8-9-10;1-2(3)4/h9H,2-8H2,1H3;1H3,(H,3,4). The molecular formula is C11H22O3. The first-order chi connectivity index (χ1) is 6.65. The largest absolute Gasteiger partial charge is 0.481 e. The third-order valence-corrected chi connectivity index (χ3v) is 1.68. The van der Waals surface area contributed by atoms with Crippen molar-refractivity contribution in [3.05, 3.63) is 0 Å². The molecule has 0 aliphatic carbocycles. The third kappa shape index (κ3) is 30.4. The highest BCUT2D eigenvalue weighted by Crippen LogP contribution is 2.05. The number of rotatable bonds is 7. The fourth-order valence-corrected chi connectivity index (χ4v) is 1.01. The molecule has 0 amide bonds. The molecule has 1 N–H and O–H groups in total. The Morgan fingerprint density at radius 2 is 1.57 bits per heavy atom. The molecule has 3 nitrogen and oxygen atoms in total. The van der Waals surface area contributed by atoms with Crippen molar-refractivity contribution >= 4 is 12.3 Å². The number of carboxylic acids is 1. The normalized spacial score (nSPS) is 8.71. The lowest BCUT2D eigenvalue weighted by molar-refractivity contribution is -0.134. The lowest BCUT2D eigenvalue weighted by atomic mass is 10.1. The lowest BCUT2D eigenvalue weighted by Gasteiger charge is -1.95. The van der Waals surface area contributed by atoms with Crippen LogP contribution >= 0.6 is 0 Å². The number of unbranched alkanes of at least 4 members (excludes halogenated alkanes) is 6. The van der Waals surface area contributed by atoms with E-state index in [4.69, 9.17) is 9.90 Å².